The van der Waals surface area contributed by atoms with Gasteiger partial charge in [0, 0.05) is 53.4 Å². The summed E-state index contributed by atoms with van der Waals surface area (Å²) in [5.41, 5.74) is 6.18. The third-order valence-electron chi connectivity index (χ3n) is 4.44. The van der Waals surface area contributed by atoms with E-state index in [1.165, 1.54) is 19.1 Å². The topological polar surface area (TPSA) is 119 Å². The first-order valence-corrected chi connectivity index (χ1v) is 9.10. The molecular weight excluding hydrogens is 389 g/mol. The molecule has 3 aromatic rings. The van der Waals surface area contributed by atoms with Crippen molar-refractivity contribution in [1.82, 2.24) is 9.55 Å². The zero-order valence-corrected chi connectivity index (χ0v) is 16.2. The Labute approximate surface area is 171 Å². The summed E-state index contributed by atoms with van der Waals surface area (Å²) in [6.07, 6.45) is 5.25. The number of anilines is 2. The number of carbonyl (C=O) groups excluding carboxylic acids is 3. The van der Waals surface area contributed by atoms with E-state index in [4.69, 9.17) is 5.73 Å². The van der Waals surface area contributed by atoms with Gasteiger partial charge in [0.2, 0.25) is 11.8 Å². The minimum atomic E-state index is -0.801. The number of primary amides is 1. The molecule has 0 aliphatic carbocycles. The summed E-state index contributed by atoms with van der Waals surface area (Å²) in [5.74, 6) is -2.19. The number of aromatic nitrogens is 2. The lowest BCUT2D eigenvalue weighted by Crippen LogP contribution is -2.17. The molecule has 3 amide bonds. The van der Waals surface area contributed by atoms with Gasteiger partial charge in [0.15, 0.2) is 0 Å². The van der Waals surface area contributed by atoms with Gasteiger partial charge in [-0.15, -0.1) is 0 Å². The maximum Gasteiger partial charge on any atom is 0.255 e. The van der Waals surface area contributed by atoms with Crippen LogP contribution in [0, 0.1) is 12.7 Å². The van der Waals surface area contributed by atoms with Gasteiger partial charge in [-0.25, -0.2) is 9.37 Å². The Balaban J connectivity index is 1.69. The number of aryl methyl sites for hydroxylation is 1. The smallest absolute Gasteiger partial charge is 0.255 e. The molecule has 0 unspecified atom stereocenters. The molecule has 8 nitrogen and oxygen atoms in total. The number of amides is 3. The number of nitrogens with zero attached hydrogens (tertiary/aromatic N) is 2. The van der Waals surface area contributed by atoms with Gasteiger partial charge in [0.05, 0.1) is 6.33 Å². The first-order valence-electron chi connectivity index (χ1n) is 9.10. The summed E-state index contributed by atoms with van der Waals surface area (Å²) in [4.78, 5) is 40.0. The standard InChI is InChI=1S/C21H20FN5O3/c1-13-17(22)10-15(20(23)29)11-18(13)26-21(30)14-3-2-4-16(9-14)25-19(28)5-7-27-8-6-24-12-27/h2-4,6,8-12H,5,7H2,1H3,(H2,23,29)(H,25,28)(H,26,30). The second-order valence-electron chi connectivity index (χ2n) is 6.63. The Morgan fingerprint density at radius 2 is 1.93 bits per heavy atom. The van der Waals surface area contributed by atoms with Gasteiger partial charge < -0.3 is 20.9 Å². The van der Waals surface area contributed by atoms with Gasteiger partial charge in [0.1, 0.15) is 5.82 Å². The molecule has 0 spiro atoms. The summed E-state index contributed by atoms with van der Waals surface area (Å²) in [7, 11) is 0. The normalized spacial score (nSPS) is 10.5. The molecule has 0 saturated heterocycles. The third-order valence-corrected chi connectivity index (χ3v) is 4.44. The number of benzene rings is 2. The molecule has 1 aromatic heterocycles. The number of halogens is 1. The molecule has 9 heteroatoms. The quantitative estimate of drug-likeness (QED) is 0.556. The highest BCUT2D eigenvalue weighted by atomic mass is 19.1. The predicted octanol–water partition coefficient (Wildman–Crippen LogP) is 2.71. The van der Waals surface area contributed by atoms with Gasteiger partial charge >= 0.3 is 0 Å². The van der Waals surface area contributed by atoms with Crippen LogP contribution in [0.1, 0.15) is 32.7 Å². The first-order chi connectivity index (χ1) is 14.3. The second-order valence-corrected chi connectivity index (χ2v) is 6.63. The molecule has 154 valence electrons. The van der Waals surface area contributed by atoms with E-state index in [0.717, 1.165) is 6.07 Å². The third kappa shape index (κ3) is 5.07. The summed E-state index contributed by atoms with van der Waals surface area (Å²) >= 11 is 0. The SMILES string of the molecule is Cc1c(F)cc(C(N)=O)cc1NC(=O)c1cccc(NC(=O)CCn2ccnc2)c1. The van der Waals surface area contributed by atoms with Gasteiger partial charge in [0.25, 0.3) is 5.91 Å². The zero-order valence-electron chi connectivity index (χ0n) is 16.2. The van der Waals surface area contributed by atoms with Crippen LogP contribution in [0.15, 0.2) is 55.1 Å². The molecule has 0 aliphatic heterocycles. The van der Waals surface area contributed by atoms with Crippen molar-refractivity contribution in [1.29, 1.82) is 0 Å². The number of hydrogen-bond donors (Lipinski definition) is 3. The monoisotopic (exact) mass is 409 g/mol. The molecule has 0 radical (unpaired) electrons. The van der Waals surface area contributed by atoms with Crippen molar-refractivity contribution in [3.63, 3.8) is 0 Å². The lowest BCUT2D eigenvalue weighted by molar-refractivity contribution is -0.116. The van der Waals surface area contributed by atoms with Crippen LogP contribution in [0.3, 0.4) is 0 Å². The molecule has 0 saturated carbocycles. The number of nitrogens with two attached hydrogens (primary N) is 1. The van der Waals surface area contributed by atoms with Crippen molar-refractivity contribution in [3.05, 3.63) is 77.6 Å². The van der Waals surface area contributed by atoms with Crippen LogP contribution >= 0.6 is 0 Å². The van der Waals surface area contributed by atoms with Crippen molar-refractivity contribution < 1.29 is 18.8 Å². The largest absolute Gasteiger partial charge is 0.366 e. The summed E-state index contributed by atoms with van der Waals surface area (Å²) in [6.45, 7) is 1.96. The van der Waals surface area contributed by atoms with E-state index < -0.39 is 17.6 Å². The molecule has 0 fully saturated rings. The van der Waals surface area contributed by atoms with Crippen LogP contribution in [0.2, 0.25) is 0 Å². The van der Waals surface area contributed by atoms with Crippen LogP contribution in [0.25, 0.3) is 0 Å². The molecule has 30 heavy (non-hydrogen) atoms. The molecule has 0 atom stereocenters. The molecule has 0 bridgehead atoms. The number of carbonyl (C=O) groups is 3. The average molecular weight is 409 g/mol. The van der Waals surface area contributed by atoms with E-state index in [2.05, 4.69) is 15.6 Å². The fourth-order valence-corrected chi connectivity index (χ4v) is 2.76. The number of rotatable bonds is 7. The number of hydrogen-bond acceptors (Lipinski definition) is 4. The van der Waals surface area contributed by atoms with Crippen LogP contribution in [-0.2, 0) is 11.3 Å². The molecular formula is C21H20FN5O3. The number of imidazole rings is 1. The van der Waals surface area contributed by atoms with Crippen molar-refractivity contribution in [2.24, 2.45) is 5.73 Å². The predicted molar refractivity (Wildman–Crippen MR) is 110 cm³/mol. The maximum atomic E-state index is 14.0. The Bertz CT molecular complexity index is 1100. The fourth-order valence-electron chi connectivity index (χ4n) is 2.76. The zero-order chi connectivity index (χ0) is 21.7. The fraction of sp³-hybridized carbons (Fsp3) is 0.143. The molecule has 3 rings (SSSR count). The average Bonchev–Trinajstić information content (AvgIpc) is 3.23. The number of nitrogens with one attached hydrogen (secondary N) is 2. The van der Waals surface area contributed by atoms with Crippen molar-refractivity contribution in [3.8, 4) is 0 Å². The molecule has 4 N–H and O–H groups in total. The first kappa shape index (κ1) is 20.7. The Morgan fingerprint density at radius 3 is 2.63 bits per heavy atom. The minimum Gasteiger partial charge on any atom is -0.366 e. The summed E-state index contributed by atoms with van der Waals surface area (Å²) in [5, 5.41) is 5.31. The summed E-state index contributed by atoms with van der Waals surface area (Å²) in [6, 6.07) is 8.68. The lowest BCUT2D eigenvalue weighted by Gasteiger charge is -2.12. The van der Waals surface area contributed by atoms with E-state index in [1.54, 1.807) is 41.5 Å². The molecule has 0 aliphatic rings. The highest BCUT2D eigenvalue weighted by Crippen LogP contribution is 2.22. The van der Waals surface area contributed by atoms with E-state index in [1.807, 2.05) is 0 Å². The minimum absolute atomic E-state index is 0.0488. The van der Waals surface area contributed by atoms with Crippen molar-refractivity contribution >= 4 is 29.1 Å². The highest BCUT2D eigenvalue weighted by molar-refractivity contribution is 6.06. The van der Waals surface area contributed by atoms with E-state index in [0.29, 0.717) is 12.2 Å². The van der Waals surface area contributed by atoms with Crippen molar-refractivity contribution in [2.75, 3.05) is 10.6 Å². The Kier molecular flexibility index (Phi) is 6.21. The van der Waals surface area contributed by atoms with Gasteiger partial charge in [-0.05, 0) is 37.3 Å². The lowest BCUT2D eigenvalue weighted by atomic mass is 10.1. The maximum absolute atomic E-state index is 14.0. The van der Waals surface area contributed by atoms with Gasteiger partial charge in [-0.2, -0.15) is 0 Å². The van der Waals surface area contributed by atoms with E-state index in [-0.39, 0.29) is 34.7 Å². The van der Waals surface area contributed by atoms with Crippen molar-refractivity contribution in [2.45, 2.75) is 19.9 Å². The Hall–Kier alpha value is -4.01. The van der Waals surface area contributed by atoms with E-state index in [9.17, 15) is 18.8 Å². The van der Waals surface area contributed by atoms with Crippen LogP contribution in [0.4, 0.5) is 15.8 Å². The summed E-state index contributed by atoms with van der Waals surface area (Å²) < 4.78 is 15.8. The second kappa shape index (κ2) is 8.99. The molecule has 2 aromatic carbocycles. The van der Waals surface area contributed by atoms with Gasteiger partial charge in [-0.3, -0.25) is 14.4 Å². The van der Waals surface area contributed by atoms with Crippen LogP contribution in [0.5, 0.6) is 0 Å². The van der Waals surface area contributed by atoms with E-state index >= 15 is 0 Å². The highest BCUT2D eigenvalue weighted by Gasteiger charge is 2.14. The van der Waals surface area contributed by atoms with Crippen LogP contribution < -0.4 is 16.4 Å². The van der Waals surface area contributed by atoms with Crippen LogP contribution in [-0.4, -0.2) is 27.3 Å². The van der Waals surface area contributed by atoms with Gasteiger partial charge in [-0.1, -0.05) is 6.07 Å². The molecule has 1 heterocycles. The Morgan fingerprint density at radius 1 is 1.13 bits per heavy atom.